The van der Waals surface area contributed by atoms with E-state index in [2.05, 4.69) is 25.3 Å². The summed E-state index contributed by atoms with van der Waals surface area (Å²) >= 11 is 0. The van der Waals surface area contributed by atoms with Gasteiger partial charge in [0.05, 0.1) is 17.2 Å². The molecule has 2 unspecified atom stereocenters. The van der Waals surface area contributed by atoms with Crippen molar-refractivity contribution in [3.05, 3.63) is 89.5 Å². The van der Waals surface area contributed by atoms with Gasteiger partial charge in [-0.25, -0.2) is 4.68 Å². The maximum Gasteiger partial charge on any atom is 0.262 e. The van der Waals surface area contributed by atoms with E-state index in [1.165, 1.54) is 0 Å². The van der Waals surface area contributed by atoms with E-state index in [1.807, 2.05) is 65.3 Å². The SMILES string of the molecule is NC(=O)c1c(-c2ccc(Oc3ccccc3)cc2)nn2c1NCCC2C1CCN(C2CCN(C3CN(c4ccc5c(c4)C(=O)N(C4CCC(=O)NC4=O)C5=O)C3)CC2)CC1. The number of aromatic nitrogens is 2. The molecule has 15 nitrogen and oxygen atoms in total. The average Bonchev–Trinajstić information content (AvgIpc) is 3.76. The number of fused-ring (bicyclic) bond motifs is 2. The molecule has 4 saturated heterocycles. The van der Waals surface area contributed by atoms with Crippen LogP contribution in [0.4, 0.5) is 11.5 Å². The van der Waals surface area contributed by atoms with Crippen LogP contribution in [0.25, 0.3) is 11.3 Å². The van der Waals surface area contributed by atoms with Crippen LogP contribution in [0.1, 0.15) is 82.1 Å². The van der Waals surface area contributed by atoms with E-state index < -0.39 is 29.7 Å². The summed E-state index contributed by atoms with van der Waals surface area (Å²) in [4.78, 5) is 72.0. The number of rotatable bonds is 9. The molecule has 5 amide bonds. The molecule has 6 aliphatic heterocycles. The number of imide groups is 2. The van der Waals surface area contributed by atoms with Gasteiger partial charge in [0, 0.05) is 62.5 Å². The standard InChI is InChI=1S/C45H49N9O6/c46-41(56)39-40(28-6-9-33(10-7-28)60-32-4-2-1-3-5-32)49-54-36(14-19-47-42(39)54)27-15-20-50(21-16-27)29-17-22-51(23-18-29)31-25-52(26-31)30-8-11-34-35(24-30)45(59)53(44(34)58)37-12-13-38(55)48-43(37)57/h1-11,24,27,29,31,36-37,47H,12-23,25-26H2,(H2,46,56)(H,48,55,57). The maximum absolute atomic E-state index is 13.4. The van der Waals surface area contributed by atoms with Crippen molar-refractivity contribution in [1.82, 2.24) is 29.8 Å². The molecule has 0 saturated carbocycles. The lowest BCUT2D eigenvalue weighted by Crippen LogP contribution is -2.62. The van der Waals surface area contributed by atoms with Crippen molar-refractivity contribution in [2.75, 3.05) is 56.0 Å². The lowest BCUT2D eigenvalue weighted by molar-refractivity contribution is -0.136. The van der Waals surface area contributed by atoms with Gasteiger partial charge in [-0.15, -0.1) is 0 Å². The molecule has 3 aromatic carbocycles. The summed E-state index contributed by atoms with van der Waals surface area (Å²) in [7, 11) is 0. The number of ether oxygens (including phenoxy) is 1. The van der Waals surface area contributed by atoms with Crippen molar-refractivity contribution < 1.29 is 28.7 Å². The highest BCUT2D eigenvalue weighted by atomic mass is 16.5. The fourth-order valence-electron chi connectivity index (χ4n) is 10.3. The largest absolute Gasteiger partial charge is 0.457 e. The Morgan fingerprint density at radius 2 is 1.43 bits per heavy atom. The number of nitrogens with one attached hydrogen (secondary N) is 2. The molecule has 0 aliphatic carbocycles. The Morgan fingerprint density at radius 1 is 0.750 bits per heavy atom. The highest BCUT2D eigenvalue weighted by Crippen LogP contribution is 2.41. The highest BCUT2D eigenvalue weighted by molar-refractivity contribution is 6.23. The number of carbonyl (C=O) groups is 5. The first-order valence-corrected chi connectivity index (χ1v) is 21.3. The molecule has 1 aromatic heterocycles. The van der Waals surface area contributed by atoms with Gasteiger partial charge in [0.1, 0.15) is 34.6 Å². The number of hydrogen-bond acceptors (Lipinski definition) is 11. The van der Waals surface area contributed by atoms with Crippen LogP contribution in [-0.2, 0) is 9.59 Å². The molecule has 60 heavy (non-hydrogen) atoms. The van der Waals surface area contributed by atoms with Crippen LogP contribution < -0.4 is 26.0 Å². The molecule has 4 aromatic rings. The van der Waals surface area contributed by atoms with Crippen LogP contribution in [0, 0.1) is 5.92 Å². The van der Waals surface area contributed by atoms with Crippen LogP contribution in [0.15, 0.2) is 72.8 Å². The number of nitrogens with two attached hydrogens (primary N) is 1. The smallest absolute Gasteiger partial charge is 0.262 e. The molecule has 4 fully saturated rings. The number of carbonyl (C=O) groups excluding carboxylic acids is 5. The molecule has 2 atom stereocenters. The van der Waals surface area contributed by atoms with Gasteiger partial charge in [-0.1, -0.05) is 18.2 Å². The summed E-state index contributed by atoms with van der Waals surface area (Å²) in [5.41, 5.74) is 9.37. The number of anilines is 2. The Labute approximate surface area is 347 Å². The topological polar surface area (TPSA) is 175 Å². The fourth-order valence-corrected chi connectivity index (χ4v) is 10.3. The number of hydrogen-bond donors (Lipinski definition) is 3. The zero-order valence-corrected chi connectivity index (χ0v) is 33.4. The Kier molecular flexibility index (Phi) is 9.87. The number of amides is 5. The van der Waals surface area contributed by atoms with Crippen molar-refractivity contribution >= 4 is 41.0 Å². The number of para-hydroxylation sites is 1. The summed E-state index contributed by atoms with van der Waals surface area (Å²) in [5.74, 6) is 0.191. The third-order valence-electron chi connectivity index (χ3n) is 13.6. The van der Waals surface area contributed by atoms with Gasteiger partial charge in [-0.2, -0.15) is 5.10 Å². The van der Waals surface area contributed by atoms with E-state index in [9.17, 15) is 24.0 Å². The third kappa shape index (κ3) is 6.88. The van der Waals surface area contributed by atoms with Crippen molar-refractivity contribution in [2.45, 2.75) is 69.1 Å². The first-order valence-electron chi connectivity index (χ1n) is 21.3. The van der Waals surface area contributed by atoms with Gasteiger partial charge in [0.2, 0.25) is 11.8 Å². The summed E-state index contributed by atoms with van der Waals surface area (Å²) in [6.45, 7) is 6.66. The average molecular weight is 812 g/mol. The van der Waals surface area contributed by atoms with Gasteiger partial charge in [0.25, 0.3) is 17.7 Å². The van der Waals surface area contributed by atoms with Gasteiger partial charge < -0.3 is 25.6 Å². The summed E-state index contributed by atoms with van der Waals surface area (Å²) in [6, 6.07) is 22.8. The van der Waals surface area contributed by atoms with E-state index in [0.717, 1.165) is 106 Å². The van der Waals surface area contributed by atoms with E-state index in [4.69, 9.17) is 15.6 Å². The molecule has 10 rings (SSSR count). The quantitative estimate of drug-likeness (QED) is 0.206. The Hall–Kier alpha value is -6.06. The molecule has 7 heterocycles. The molecule has 0 radical (unpaired) electrons. The number of likely N-dealkylation sites (tertiary alicyclic amines) is 2. The van der Waals surface area contributed by atoms with E-state index in [1.54, 1.807) is 12.1 Å². The molecule has 15 heteroatoms. The molecular weight excluding hydrogens is 763 g/mol. The summed E-state index contributed by atoms with van der Waals surface area (Å²) < 4.78 is 8.03. The predicted molar refractivity (Wildman–Crippen MR) is 223 cm³/mol. The second kappa shape index (κ2) is 15.5. The normalized spacial score (nSPS) is 23.2. The van der Waals surface area contributed by atoms with Gasteiger partial charge in [-0.3, -0.25) is 39.1 Å². The minimum absolute atomic E-state index is 0.0962. The van der Waals surface area contributed by atoms with Crippen LogP contribution in [-0.4, -0.2) is 118 Å². The van der Waals surface area contributed by atoms with Crippen LogP contribution in [0.3, 0.4) is 0 Å². The Balaban J connectivity index is 0.722. The van der Waals surface area contributed by atoms with Crippen LogP contribution >= 0.6 is 0 Å². The molecule has 310 valence electrons. The van der Waals surface area contributed by atoms with Gasteiger partial charge in [0.15, 0.2) is 0 Å². The zero-order chi connectivity index (χ0) is 41.1. The first-order chi connectivity index (χ1) is 29.2. The van der Waals surface area contributed by atoms with Crippen molar-refractivity contribution in [3.8, 4) is 22.8 Å². The van der Waals surface area contributed by atoms with Crippen molar-refractivity contribution in [3.63, 3.8) is 0 Å². The maximum atomic E-state index is 13.4. The molecule has 0 spiro atoms. The van der Waals surface area contributed by atoms with E-state index in [0.29, 0.717) is 46.1 Å². The number of benzene rings is 3. The second-order valence-electron chi connectivity index (χ2n) is 17.0. The van der Waals surface area contributed by atoms with Gasteiger partial charge >= 0.3 is 0 Å². The van der Waals surface area contributed by atoms with E-state index in [-0.39, 0.29) is 24.8 Å². The van der Waals surface area contributed by atoms with Gasteiger partial charge in [-0.05, 0) is 112 Å². The minimum Gasteiger partial charge on any atom is -0.457 e. The number of nitrogens with zero attached hydrogens (tertiary/aromatic N) is 6. The highest BCUT2D eigenvalue weighted by Gasteiger charge is 2.45. The summed E-state index contributed by atoms with van der Waals surface area (Å²) in [6.07, 6.45) is 5.59. The van der Waals surface area contributed by atoms with Crippen LogP contribution in [0.5, 0.6) is 11.5 Å². The Bertz CT molecular complexity index is 2340. The molecular formula is C45H49N9O6. The van der Waals surface area contributed by atoms with Crippen molar-refractivity contribution in [2.24, 2.45) is 11.7 Å². The zero-order valence-electron chi connectivity index (χ0n) is 33.4. The predicted octanol–water partition coefficient (Wildman–Crippen LogP) is 4.26. The molecule has 0 bridgehead atoms. The van der Waals surface area contributed by atoms with E-state index >= 15 is 0 Å². The van der Waals surface area contributed by atoms with Crippen LogP contribution in [0.2, 0.25) is 0 Å². The summed E-state index contributed by atoms with van der Waals surface area (Å²) in [5, 5.41) is 10.8. The molecule has 4 N–H and O–H groups in total. The molecule has 6 aliphatic rings. The lowest BCUT2D eigenvalue weighted by Gasteiger charge is -2.50. The number of piperidine rings is 3. The fraction of sp³-hybridized carbons (Fsp3) is 0.422. The number of primary amides is 1. The second-order valence-corrected chi connectivity index (χ2v) is 17.0. The van der Waals surface area contributed by atoms with Crippen molar-refractivity contribution in [1.29, 1.82) is 0 Å². The third-order valence-corrected chi connectivity index (χ3v) is 13.6. The first kappa shape index (κ1) is 38.2. The monoisotopic (exact) mass is 811 g/mol. The lowest BCUT2D eigenvalue weighted by atomic mass is 9.85. The Morgan fingerprint density at radius 3 is 2.15 bits per heavy atom. The minimum atomic E-state index is -0.968.